The summed E-state index contributed by atoms with van der Waals surface area (Å²) in [7, 11) is 0. The molecule has 2 rings (SSSR count). The van der Waals surface area contributed by atoms with Gasteiger partial charge in [-0.1, -0.05) is 0 Å². The predicted molar refractivity (Wildman–Crippen MR) is 70.7 cm³/mol. The molecule has 0 bridgehead atoms. The van der Waals surface area contributed by atoms with Crippen molar-refractivity contribution < 1.29 is 10.0 Å². The largest absolute Gasteiger partial charge is 0.395 e. The minimum absolute atomic E-state index is 0.0387. The zero-order valence-electron chi connectivity index (χ0n) is 9.75. The van der Waals surface area contributed by atoms with Crippen LogP contribution < -0.4 is 4.90 Å². The highest BCUT2D eigenvalue weighted by atomic mass is 79.9. The molecule has 0 spiro atoms. The van der Waals surface area contributed by atoms with Gasteiger partial charge in [0.1, 0.15) is 12.0 Å². The summed E-state index contributed by atoms with van der Waals surface area (Å²) in [4.78, 5) is 16.3. The summed E-state index contributed by atoms with van der Waals surface area (Å²) in [5.74, 6) is 0.666. The van der Waals surface area contributed by atoms with Crippen LogP contribution in [0.25, 0.3) is 0 Å². The summed E-state index contributed by atoms with van der Waals surface area (Å²) in [6.07, 6.45) is 4.58. The van der Waals surface area contributed by atoms with Gasteiger partial charge >= 0.3 is 0 Å². The smallest absolute Gasteiger partial charge is 0.288 e. The van der Waals surface area contributed by atoms with Gasteiger partial charge < -0.3 is 10.0 Å². The highest BCUT2D eigenvalue weighted by Crippen LogP contribution is 2.33. The number of hydrogen-bond acceptors (Lipinski definition) is 5. The first-order valence-corrected chi connectivity index (χ1v) is 6.60. The first-order valence-electron chi connectivity index (χ1n) is 5.81. The molecule has 1 heterocycles. The van der Waals surface area contributed by atoms with E-state index >= 15 is 0 Å². The Labute approximate surface area is 113 Å². The second kappa shape index (κ2) is 5.62. The molecular formula is C11H14BrN3O3. The minimum Gasteiger partial charge on any atom is -0.395 e. The van der Waals surface area contributed by atoms with Crippen molar-refractivity contribution in [3.8, 4) is 0 Å². The molecule has 1 aromatic heterocycles. The number of halogens is 1. The molecule has 1 aliphatic carbocycles. The van der Waals surface area contributed by atoms with Crippen LogP contribution in [0.1, 0.15) is 19.3 Å². The molecule has 7 heteroatoms. The van der Waals surface area contributed by atoms with Crippen molar-refractivity contribution in [2.75, 3.05) is 18.1 Å². The van der Waals surface area contributed by atoms with Crippen molar-refractivity contribution in [2.24, 2.45) is 0 Å². The lowest BCUT2D eigenvalue weighted by Gasteiger charge is -2.38. The molecule has 1 aromatic rings. The predicted octanol–water partition coefficient (Wildman–Crippen LogP) is 2.10. The molecule has 6 nitrogen and oxygen atoms in total. The molecule has 1 saturated carbocycles. The number of aliphatic hydroxyl groups is 1. The van der Waals surface area contributed by atoms with Crippen molar-refractivity contribution in [1.82, 2.24) is 4.98 Å². The monoisotopic (exact) mass is 315 g/mol. The van der Waals surface area contributed by atoms with E-state index in [1.165, 1.54) is 18.7 Å². The third-order valence-electron chi connectivity index (χ3n) is 3.15. The molecule has 0 aromatic carbocycles. The van der Waals surface area contributed by atoms with Crippen LogP contribution in [0, 0.1) is 10.1 Å². The van der Waals surface area contributed by atoms with Gasteiger partial charge in [-0.25, -0.2) is 4.98 Å². The molecule has 0 unspecified atom stereocenters. The Bertz CT molecular complexity index is 451. The van der Waals surface area contributed by atoms with Crippen LogP contribution >= 0.6 is 15.9 Å². The van der Waals surface area contributed by atoms with E-state index in [-0.39, 0.29) is 12.3 Å². The van der Waals surface area contributed by atoms with Crippen LogP contribution in [0.5, 0.6) is 0 Å². The maximum absolute atomic E-state index is 10.7. The Morgan fingerprint density at radius 2 is 2.33 bits per heavy atom. The SMILES string of the molecule is O=[N+]([O-])c1cnc(N(CCO)C2CCC2)c(Br)c1. The van der Waals surface area contributed by atoms with Crippen LogP contribution in [0.4, 0.5) is 11.5 Å². The number of hydrogen-bond donors (Lipinski definition) is 1. The van der Waals surface area contributed by atoms with Gasteiger partial charge in [-0.3, -0.25) is 10.1 Å². The topological polar surface area (TPSA) is 79.5 Å². The van der Waals surface area contributed by atoms with Crippen LogP contribution in [0.15, 0.2) is 16.7 Å². The fourth-order valence-electron chi connectivity index (χ4n) is 2.00. The van der Waals surface area contributed by atoms with E-state index in [4.69, 9.17) is 5.11 Å². The van der Waals surface area contributed by atoms with Crippen molar-refractivity contribution in [3.05, 3.63) is 26.9 Å². The Hall–Kier alpha value is -1.21. The number of nitrogens with zero attached hydrogens (tertiary/aromatic N) is 3. The molecule has 98 valence electrons. The normalized spacial score (nSPS) is 15.2. The first-order chi connectivity index (χ1) is 8.63. The fourth-order valence-corrected chi connectivity index (χ4v) is 2.56. The van der Waals surface area contributed by atoms with E-state index in [0.29, 0.717) is 22.9 Å². The molecule has 18 heavy (non-hydrogen) atoms. The number of rotatable bonds is 5. The number of pyridine rings is 1. The number of nitro groups is 1. The lowest BCUT2D eigenvalue weighted by molar-refractivity contribution is -0.385. The highest BCUT2D eigenvalue weighted by molar-refractivity contribution is 9.10. The third kappa shape index (κ3) is 2.62. The maximum atomic E-state index is 10.7. The van der Waals surface area contributed by atoms with E-state index in [1.807, 2.05) is 4.90 Å². The quantitative estimate of drug-likeness (QED) is 0.665. The lowest BCUT2D eigenvalue weighted by atomic mass is 9.91. The molecule has 0 radical (unpaired) electrons. The number of aromatic nitrogens is 1. The van der Waals surface area contributed by atoms with Crippen LogP contribution in [-0.2, 0) is 0 Å². The molecule has 1 N–H and O–H groups in total. The Balaban J connectivity index is 2.26. The van der Waals surface area contributed by atoms with E-state index in [0.717, 1.165) is 12.8 Å². The first kappa shape index (κ1) is 13.2. The molecule has 0 atom stereocenters. The summed E-state index contributed by atoms with van der Waals surface area (Å²) >= 11 is 3.32. The molecule has 0 amide bonds. The molecular weight excluding hydrogens is 302 g/mol. The summed E-state index contributed by atoms with van der Waals surface area (Å²) in [5, 5.41) is 19.8. The Kier molecular flexibility index (Phi) is 4.13. The summed E-state index contributed by atoms with van der Waals surface area (Å²) in [6, 6.07) is 1.83. The van der Waals surface area contributed by atoms with E-state index in [2.05, 4.69) is 20.9 Å². The van der Waals surface area contributed by atoms with Crippen molar-refractivity contribution in [1.29, 1.82) is 0 Å². The van der Waals surface area contributed by atoms with Crippen molar-refractivity contribution in [2.45, 2.75) is 25.3 Å². The standard InChI is InChI=1S/C11H14BrN3O3/c12-10-6-9(15(17)18)7-13-11(10)14(4-5-16)8-2-1-3-8/h6-8,16H,1-5H2. The van der Waals surface area contributed by atoms with Gasteiger partial charge in [0.2, 0.25) is 0 Å². The van der Waals surface area contributed by atoms with Crippen LogP contribution in [0.2, 0.25) is 0 Å². The second-order valence-electron chi connectivity index (χ2n) is 4.26. The second-order valence-corrected chi connectivity index (χ2v) is 5.11. The maximum Gasteiger partial charge on any atom is 0.288 e. The Morgan fingerprint density at radius 3 is 2.78 bits per heavy atom. The molecule has 1 aliphatic rings. The zero-order valence-corrected chi connectivity index (χ0v) is 11.3. The van der Waals surface area contributed by atoms with Crippen LogP contribution in [0.3, 0.4) is 0 Å². The van der Waals surface area contributed by atoms with E-state index in [9.17, 15) is 10.1 Å². The van der Waals surface area contributed by atoms with E-state index in [1.54, 1.807) is 0 Å². The fraction of sp³-hybridized carbons (Fsp3) is 0.545. The van der Waals surface area contributed by atoms with Gasteiger partial charge in [-0.05, 0) is 35.2 Å². The third-order valence-corrected chi connectivity index (χ3v) is 3.73. The average molecular weight is 316 g/mol. The highest BCUT2D eigenvalue weighted by Gasteiger charge is 2.27. The van der Waals surface area contributed by atoms with Gasteiger partial charge in [0.15, 0.2) is 0 Å². The van der Waals surface area contributed by atoms with E-state index < -0.39 is 4.92 Å². The van der Waals surface area contributed by atoms with Gasteiger partial charge in [-0.2, -0.15) is 0 Å². The van der Waals surface area contributed by atoms with Gasteiger partial charge in [-0.15, -0.1) is 0 Å². The van der Waals surface area contributed by atoms with Gasteiger partial charge in [0.05, 0.1) is 16.0 Å². The van der Waals surface area contributed by atoms with Gasteiger partial charge in [0.25, 0.3) is 5.69 Å². The molecule has 0 saturated heterocycles. The van der Waals surface area contributed by atoms with Crippen molar-refractivity contribution >= 4 is 27.4 Å². The average Bonchev–Trinajstić information content (AvgIpc) is 2.26. The van der Waals surface area contributed by atoms with Crippen molar-refractivity contribution in [3.63, 3.8) is 0 Å². The number of aliphatic hydroxyl groups excluding tert-OH is 1. The lowest BCUT2D eigenvalue weighted by Crippen LogP contribution is -2.42. The molecule has 1 fully saturated rings. The minimum atomic E-state index is -0.471. The summed E-state index contributed by atoms with van der Waals surface area (Å²) < 4.78 is 0.594. The number of anilines is 1. The summed E-state index contributed by atoms with van der Waals surface area (Å²) in [5.41, 5.74) is -0.0387. The van der Waals surface area contributed by atoms with Crippen LogP contribution in [-0.4, -0.2) is 34.2 Å². The molecule has 0 aliphatic heterocycles. The summed E-state index contributed by atoms with van der Waals surface area (Å²) in [6.45, 7) is 0.537. The van der Waals surface area contributed by atoms with Gasteiger partial charge in [0, 0.05) is 18.7 Å². The zero-order chi connectivity index (χ0) is 13.1. The Morgan fingerprint density at radius 1 is 1.61 bits per heavy atom.